The van der Waals surface area contributed by atoms with Gasteiger partial charge in [0.15, 0.2) is 5.60 Å². The molecule has 27 heavy (non-hydrogen) atoms. The Morgan fingerprint density at radius 1 is 1.11 bits per heavy atom. The van der Waals surface area contributed by atoms with Crippen molar-refractivity contribution in [1.29, 1.82) is 5.26 Å². The molecule has 2 aromatic carbocycles. The summed E-state index contributed by atoms with van der Waals surface area (Å²) in [6.07, 6.45) is 3.97. The fourth-order valence-corrected chi connectivity index (χ4v) is 3.57. The molecule has 5 heteroatoms. The molecule has 0 unspecified atom stereocenters. The molecule has 4 nitrogen and oxygen atoms in total. The Morgan fingerprint density at radius 3 is 2.26 bits per heavy atom. The number of carbonyl (C=O) groups is 1. The number of benzene rings is 2. The lowest BCUT2D eigenvalue weighted by Crippen LogP contribution is -2.42. The Hall–Kier alpha value is -2.51. The Balaban J connectivity index is 1.68. The van der Waals surface area contributed by atoms with Crippen molar-refractivity contribution < 1.29 is 9.53 Å². The zero-order chi connectivity index (χ0) is 19.5. The van der Waals surface area contributed by atoms with Crippen LogP contribution in [0.5, 0.6) is 5.75 Å². The number of hydrogen-bond donors (Lipinski definition) is 1. The van der Waals surface area contributed by atoms with Crippen molar-refractivity contribution in [3.63, 3.8) is 0 Å². The Morgan fingerprint density at radius 2 is 1.70 bits per heavy atom. The molecule has 1 aliphatic carbocycles. The number of halogens is 1. The third-order valence-corrected chi connectivity index (χ3v) is 5.35. The second-order valence-electron chi connectivity index (χ2n) is 7.50. The van der Waals surface area contributed by atoms with Gasteiger partial charge in [-0.2, -0.15) is 5.26 Å². The summed E-state index contributed by atoms with van der Waals surface area (Å²) >= 11 is 5.88. The highest BCUT2D eigenvalue weighted by Crippen LogP contribution is 2.40. The van der Waals surface area contributed by atoms with Gasteiger partial charge in [0.2, 0.25) is 0 Å². The van der Waals surface area contributed by atoms with Crippen LogP contribution < -0.4 is 10.1 Å². The fraction of sp³-hybridized carbons (Fsp3) is 0.364. The molecule has 140 valence electrons. The van der Waals surface area contributed by atoms with Crippen LogP contribution in [0.1, 0.15) is 45.1 Å². The summed E-state index contributed by atoms with van der Waals surface area (Å²) in [5.41, 5.74) is 0.283. The minimum Gasteiger partial charge on any atom is -0.478 e. The molecule has 0 saturated heterocycles. The van der Waals surface area contributed by atoms with Gasteiger partial charge in [-0.3, -0.25) is 4.79 Å². The standard InChI is InChI=1S/C22H23ClN2O2/c1-21(2,27-19-11-7-17(23)8-12-19)20(26)25-18-9-5-16(6-10-18)22(15-24)13-3-4-14-22/h5-12H,3-4,13-14H2,1-2H3,(H,25,26). The zero-order valence-electron chi connectivity index (χ0n) is 15.6. The Bertz CT molecular complexity index is 845. The number of nitriles is 1. The van der Waals surface area contributed by atoms with E-state index in [-0.39, 0.29) is 11.3 Å². The normalized spacial score (nSPS) is 15.8. The predicted octanol–water partition coefficient (Wildman–Crippen LogP) is 5.47. The minimum absolute atomic E-state index is 0.249. The molecule has 0 aromatic heterocycles. The first-order chi connectivity index (χ1) is 12.8. The van der Waals surface area contributed by atoms with Crippen molar-refractivity contribution in [2.75, 3.05) is 5.32 Å². The first-order valence-electron chi connectivity index (χ1n) is 9.12. The smallest absolute Gasteiger partial charge is 0.267 e. The van der Waals surface area contributed by atoms with Gasteiger partial charge in [-0.1, -0.05) is 36.6 Å². The van der Waals surface area contributed by atoms with Crippen molar-refractivity contribution >= 4 is 23.2 Å². The van der Waals surface area contributed by atoms with Crippen LogP contribution in [0.15, 0.2) is 48.5 Å². The van der Waals surface area contributed by atoms with Gasteiger partial charge in [-0.15, -0.1) is 0 Å². The molecule has 0 aliphatic heterocycles. The molecule has 2 aromatic rings. The predicted molar refractivity (Wildman–Crippen MR) is 107 cm³/mol. The van der Waals surface area contributed by atoms with Crippen LogP contribution in [-0.4, -0.2) is 11.5 Å². The molecule has 1 aliphatic rings. The molecule has 3 rings (SSSR count). The molecule has 1 saturated carbocycles. The molecule has 0 atom stereocenters. The van der Waals surface area contributed by atoms with Crippen molar-refractivity contribution in [3.8, 4) is 11.8 Å². The number of rotatable bonds is 5. The summed E-state index contributed by atoms with van der Waals surface area (Å²) in [7, 11) is 0. The van der Waals surface area contributed by atoms with Crippen LogP contribution >= 0.6 is 11.6 Å². The summed E-state index contributed by atoms with van der Waals surface area (Å²) in [6, 6.07) is 17.0. The number of carbonyl (C=O) groups excluding carboxylic acids is 1. The number of nitrogens with zero attached hydrogens (tertiary/aromatic N) is 1. The van der Waals surface area contributed by atoms with E-state index in [0.29, 0.717) is 16.5 Å². The number of ether oxygens (including phenoxy) is 1. The van der Waals surface area contributed by atoms with E-state index in [1.54, 1.807) is 38.1 Å². The van der Waals surface area contributed by atoms with Crippen molar-refractivity contribution in [2.24, 2.45) is 0 Å². The van der Waals surface area contributed by atoms with E-state index in [1.807, 2.05) is 24.3 Å². The summed E-state index contributed by atoms with van der Waals surface area (Å²) in [5.74, 6) is 0.327. The van der Waals surface area contributed by atoms with E-state index in [2.05, 4.69) is 11.4 Å². The Labute approximate surface area is 165 Å². The molecule has 1 N–H and O–H groups in total. The molecule has 0 heterocycles. The number of amides is 1. The Kier molecular flexibility index (Phi) is 5.43. The summed E-state index contributed by atoms with van der Waals surface area (Å²) in [4.78, 5) is 12.7. The van der Waals surface area contributed by atoms with Crippen molar-refractivity contribution in [2.45, 2.75) is 50.5 Å². The number of anilines is 1. The molecular weight excluding hydrogens is 360 g/mol. The summed E-state index contributed by atoms with van der Waals surface area (Å²) < 4.78 is 5.82. The SMILES string of the molecule is CC(C)(Oc1ccc(Cl)cc1)C(=O)Nc1ccc(C2(C#N)CCCC2)cc1. The lowest BCUT2D eigenvalue weighted by molar-refractivity contribution is -0.128. The highest BCUT2D eigenvalue weighted by molar-refractivity contribution is 6.30. The second-order valence-corrected chi connectivity index (χ2v) is 7.94. The quantitative estimate of drug-likeness (QED) is 0.745. The average molecular weight is 383 g/mol. The van der Waals surface area contributed by atoms with Crippen LogP contribution in [0, 0.1) is 11.3 Å². The van der Waals surface area contributed by atoms with E-state index >= 15 is 0 Å². The van der Waals surface area contributed by atoms with Gasteiger partial charge in [-0.05, 0) is 68.7 Å². The zero-order valence-corrected chi connectivity index (χ0v) is 16.3. The lowest BCUT2D eigenvalue weighted by atomic mass is 9.80. The van der Waals surface area contributed by atoms with E-state index in [0.717, 1.165) is 31.2 Å². The van der Waals surface area contributed by atoms with Crippen LogP contribution in [0.2, 0.25) is 5.02 Å². The van der Waals surface area contributed by atoms with Gasteiger partial charge in [0, 0.05) is 10.7 Å². The molecule has 1 fully saturated rings. The minimum atomic E-state index is -1.05. The maximum absolute atomic E-state index is 12.7. The van der Waals surface area contributed by atoms with Gasteiger partial charge >= 0.3 is 0 Å². The average Bonchev–Trinajstić information content (AvgIpc) is 3.14. The van der Waals surface area contributed by atoms with Crippen LogP contribution in [-0.2, 0) is 10.2 Å². The van der Waals surface area contributed by atoms with Gasteiger partial charge in [0.05, 0.1) is 11.5 Å². The van der Waals surface area contributed by atoms with Crippen LogP contribution in [0.3, 0.4) is 0 Å². The van der Waals surface area contributed by atoms with E-state index in [4.69, 9.17) is 16.3 Å². The highest BCUT2D eigenvalue weighted by atomic mass is 35.5. The maximum Gasteiger partial charge on any atom is 0.267 e. The summed E-state index contributed by atoms with van der Waals surface area (Å²) in [6.45, 7) is 3.43. The molecule has 1 amide bonds. The van der Waals surface area contributed by atoms with E-state index in [9.17, 15) is 10.1 Å². The van der Waals surface area contributed by atoms with Gasteiger partial charge < -0.3 is 10.1 Å². The highest BCUT2D eigenvalue weighted by Gasteiger charge is 2.36. The van der Waals surface area contributed by atoms with Gasteiger partial charge in [0.25, 0.3) is 5.91 Å². The lowest BCUT2D eigenvalue weighted by Gasteiger charge is -2.26. The topological polar surface area (TPSA) is 62.1 Å². The third-order valence-electron chi connectivity index (χ3n) is 5.10. The molecule has 0 bridgehead atoms. The first kappa shape index (κ1) is 19.3. The first-order valence-corrected chi connectivity index (χ1v) is 9.50. The maximum atomic E-state index is 12.7. The van der Waals surface area contributed by atoms with Crippen molar-refractivity contribution in [3.05, 3.63) is 59.1 Å². The molecule has 0 spiro atoms. The monoisotopic (exact) mass is 382 g/mol. The van der Waals surface area contributed by atoms with E-state index < -0.39 is 5.60 Å². The second kappa shape index (κ2) is 7.62. The van der Waals surface area contributed by atoms with Crippen LogP contribution in [0.25, 0.3) is 0 Å². The van der Waals surface area contributed by atoms with Crippen LogP contribution in [0.4, 0.5) is 5.69 Å². The fourth-order valence-electron chi connectivity index (χ4n) is 3.44. The third kappa shape index (κ3) is 4.26. The molecule has 0 radical (unpaired) electrons. The largest absolute Gasteiger partial charge is 0.478 e. The van der Waals surface area contributed by atoms with Crippen molar-refractivity contribution in [1.82, 2.24) is 0 Å². The number of nitrogens with one attached hydrogen (secondary N) is 1. The van der Waals surface area contributed by atoms with Gasteiger partial charge in [-0.25, -0.2) is 0 Å². The van der Waals surface area contributed by atoms with Gasteiger partial charge in [0.1, 0.15) is 5.75 Å². The van der Waals surface area contributed by atoms with E-state index in [1.165, 1.54) is 0 Å². The summed E-state index contributed by atoms with van der Waals surface area (Å²) in [5, 5.41) is 13.1. The molecular formula is C22H23ClN2O2. The number of hydrogen-bond acceptors (Lipinski definition) is 3.